The van der Waals surface area contributed by atoms with Gasteiger partial charge in [0.15, 0.2) is 0 Å². The topological polar surface area (TPSA) is 23.6 Å². The van der Waals surface area contributed by atoms with Crippen LogP contribution in [0.4, 0.5) is 18.9 Å². The van der Waals surface area contributed by atoms with Crippen molar-refractivity contribution >= 4 is 11.6 Å². The van der Waals surface area contributed by atoms with Gasteiger partial charge >= 0.3 is 6.18 Å². The molecule has 0 aliphatic carbocycles. The smallest absolute Gasteiger partial charge is 0.311 e. The molecule has 27 heavy (non-hydrogen) atoms. The fourth-order valence-corrected chi connectivity index (χ4v) is 4.22. The van der Waals surface area contributed by atoms with Crippen LogP contribution in [-0.4, -0.2) is 29.9 Å². The van der Waals surface area contributed by atoms with Gasteiger partial charge in [-0.25, -0.2) is 0 Å². The normalized spacial score (nSPS) is 23.6. The van der Waals surface area contributed by atoms with E-state index in [1.165, 1.54) is 23.3 Å². The number of anilines is 1. The second-order valence-electron chi connectivity index (χ2n) is 7.37. The molecule has 0 saturated carbocycles. The van der Waals surface area contributed by atoms with Gasteiger partial charge in [0.25, 0.3) is 0 Å². The second kappa shape index (κ2) is 6.68. The van der Waals surface area contributed by atoms with E-state index >= 15 is 0 Å². The monoisotopic (exact) mass is 374 g/mol. The summed E-state index contributed by atoms with van der Waals surface area (Å²) in [5.41, 5.74) is 2.41. The average molecular weight is 374 g/mol. The minimum atomic E-state index is -4.37. The molecule has 0 aromatic heterocycles. The lowest BCUT2D eigenvalue weighted by Crippen LogP contribution is -2.45. The van der Waals surface area contributed by atoms with Crippen molar-refractivity contribution in [1.82, 2.24) is 4.90 Å². The highest BCUT2D eigenvalue weighted by atomic mass is 19.4. The van der Waals surface area contributed by atoms with E-state index in [9.17, 15) is 18.0 Å². The first-order valence-corrected chi connectivity index (χ1v) is 9.15. The first kappa shape index (κ1) is 18.0. The van der Waals surface area contributed by atoms with E-state index in [0.29, 0.717) is 24.6 Å². The van der Waals surface area contributed by atoms with Gasteiger partial charge in [0.1, 0.15) is 0 Å². The fraction of sp³-hybridized carbons (Fsp3) is 0.381. The molecule has 1 fully saturated rings. The van der Waals surface area contributed by atoms with Gasteiger partial charge in [0.05, 0.1) is 11.6 Å². The van der Waals surface area contributed by atoms with Gasteiger partial charge in [-0.3, -0.25) is 9.69 Å². The summed E-state index contributed by atoms with van der Waals surface area (Å²) in [5.74, 6) is 0.323. The molecule has 6 heteroatoms. The van der Waals surface area contributed by atoms with Gasteiger partial charge in [-0.1, -0.05) is 31.2 Å². The van der Waals surface area contributed by atoms with Crippen LogP contribution in [0.2, 0.25) is 0 Å². The molecule has 2 unspecified atom stereocenters. The molecule has 2 atom stereocenters. The summed E-state index contributed by atoms with van der Waals surface area (Å²) in [6.45, 7) is 4.24. The molecule has 142 valence electrons. The third-order valence-corrected chi connectivity index (χ3v) is 5.59. The Bertz CT molecular complexity index is 847. The third-order valence-electron chi connectivity index (χ3n) is 5.59. The van der Waals surface area contributed by atoms with Crippen molar-refractivity contribution in [2.45, 2.75) is 38.0 Å². The zero-order valence-corrected chi connectivity index (χ0v) is 15.0. The van der Waals surface area contributed by atoms with E-state index in [2.05, 4.69) is 24.0 Å². The SMILES string of the molecule is CC1CN(C2CCN(c3ccc(C(F)(F)F)cc3)C2=O)Cc2ccccc21. The molecule has 1 saturated heterocycles. The van der Waals surface area contributed by atoms with E-state index in [-0.39, 0.29) is 11.9 Å². The Hall–Kier alpha value is -2.34. The Morgan fingerprint density at radius 3 is 2.44 bits per heavy atom. The summed E-state index contributed by atoms with van der Waals surface area (Å²) < 4.78 is 38.2. The van der Waals surface area contributed by atoms with Crippen LogP contribution in [0.5, 0.6) is 0 Å². The highest BCUT2D eigenvalue weighted by molar-refractivity contribution is 5.99. The molecule has 0 bridgehead atoms. The summed E-state index contributed by atoms with van der Waals surface area (Å²) in [6, 6.07) is 12.9. The van der Waals surface area contributed by atoms with E-state index in [1.807, 2.05) is 12.1 Å². The number of nitrogens with zero attached hydrogens (tertiary/aromatic N) is 2. The number of hydrogen-bond acceptors (Lipinski definition) is 2. The van der Waals surface area contributed by atoms with Crippen molar-refractivity contribution in [3.8, 4) is 0 Å². The molecule has 2 aliphatic heterocycles. The van der Waals surface area contributed by atoms with Gasteiger partial charge in [-0.05, 0) is 47.7 Å². The predicted molar refractivity (Wildman–Crippen MR) is 97.5 cm³/mol. The molecule has 4 rings (SSSR count). The fourth-order valence-electron chi connectivity index (χ4n) is 4.22. The van der Waals surface area contributed by atoms with Crippen molar-refractivity contribution in [2.75, 3.05) is 18.0 Å². The first-order valence-electron chi connectivity index (χ1n) is 9.15. The lowest BCUT2D eigenvalue weighted by molar-refractivity contribution is -0.137. The van der Waals surface area contributed by atoms with E-state index in [0.717, 1.165) is 25.2 Å². The Balaban J connectivity index is 1.51. The largest absolute Gasteiger partial charge is 0.416 e. The second-order valence-corrected chi connectivity index (χ2v) is 7.37. The van der Waals surface area contributed by atoms with Gasteiger partial charge in [0, 0.05) is 25.3 Å². The molecular formula is C21H21F3N2O. The number of fused-ring (bicyclic) bond motifs is 1. The van der Waals surface area contributed by atoms with Crippen molar-refractivity contribution in [2.24, 2.45) is 0 Å². The number of hydrogen-bond donors (Lipinski definition) is 0. The van der Waals surface area contributed by atoms with Crippen molar-refractivity contribution in [1.29, 1.82) is 0 Å². The number of alkyl halides is 3. The maximum atomic E-state index is 13.0. The minimum Gasteiger partial charge on any atom is -0.311 e. The summed E-state index contributed by atoms with van der Waals surface area (Å²) in [6.07, 6.45) is -3.68. The third kappa shape index (κ3) is 3.34. The van der Waals surface area contributed by atoms with Crippen LogP contribution in [0.15, 0.2) is 48.5 Å². The van der Waals surface area contributed by atoms with Crippen LogP contribution < -0.4 is 4.90 Å². The molecule has 1 amide bonds. The van der Waals surface area contributed by atoms with E-state index < -0.39 is 11.7 Å². The van der Waals surface area contributed by atoms with Crippen molar-refractivity contribution in [3.63, 3.8) is 0 Å². The number of amides is 1. The summed E-state index contributed by atoms with van der Waals surface area (Å²) in [7, 11) is 0. The highest BCUT2D eigenvalue weighted by Gasteiger charge is 2.39. The standard InChI is InChI=1S/C21H21F3N2O/c1-14-12-25(13-15-4-2-3-5-18(14)15)19-10-11-26(20(19)27)17-8-6-16(7-9-17)21(22,23)24/h2-9,14,19H,10-13H2,1H3. The Labute approximate surface area is 156 Å². The maximum absolute atomic E-state index is 13.0. The molecule has 0 N–H and O–H groups in total. The summed E-state index contributed by atoms with van der Waals surface area (Å²) >= 11 is 0. The van der Waals surface area contributed by atoms with Crippen LogP contribution in [-0.2, 0) is 17.5 Å². The van der Waals surface area contributed by atoms with Crippen LogP contribution in [0, 0.1) is 0 Å². The molecular weight excluding hydrogens is 353 g/mol. The van der Waals surface area contributed by atoms with Gasteiger partial charge in [-0.15, -0.1) is 0 Å². The number of carbonyl (C=O) groups excluding carboxylic acids is 1. The van der Waals surface area contributed by atoms with E-state index in [4.69, 9.17) is 0 Å². The number of rotatable bonds is 2. The Morgan fingerprint density at radius 2 is 1.74 bits per heavy atom. The lowest BCUT2D eigenvalue weighted by atomic mass is 9.90. The van der Waals surface area contributed by atoms with Crippen LogP contribution >= 0.6 is 0 Å². The summed E-state index contributed by atoms with van der Waals surface area (Å²) in [5, 5.41) is 0. The van der Waals surface area contributed by atoms with Crippen molar-refractivity contribution in [3.05, 3.63) is 65.2 Å². The number of benzene rings is 2. The first-order chi connectivity index (χ1) is 12.8. The minimum absolute atomic E-state index is 0.0265. The van der Waals surface area contributed by atoms with Gasteiger partial charge in [-0.2, -0.15) is 13.2 Å². The van der Waals surface area contributed by atoms with Crippen molar-refractivity contribution < 1.29 is 18.0 Å². The molecule has 2 aromatic carbocycles. The molecule has 3 nitrogen and oxygen atoms in total. The van der Waals surface area contributed by atoms with Crippen LogP contribution in [0.1, 0.15) is 36.0 Å². The van der Waals surface area contributed by atoms with E-state index in [1.54, 1.807) is 4.90 Å². The van der Waals surface area contributed by atoms with Gasteiger partial charge < -0.3 is 4.90 Å². The zero-order chi connectivity index (χ0) is 19.2. The number of halogens is 3. The predicted octanol–water partition coefficient (Wildman–Crippen LogP) is 4.43. The quantitative estimate of drug-likeness (QED) is 0.776. The highest BCUT2D eigenvalue weighted by Crippen LogP contribution is 2.34. The summed E-state index contributed by atoms with van der Waals surface area (Å²) in [4.78, 5) is 16.8. The Kier molecular flexibility index (Phi) is 4.46. The zero-order valence-electron chi connectivity index (χ0n) is 15.0. The number of carbonyl (C=O) groups is 1. The molecule has 2 aliphatic rings. The molecule has 2 heterocycles. The van der Waals surface area contributed by atoms with Crippen LogP contribution in [0.3, 0.4) is 0 Å². The maximum Gasteiger partial charge on any atom is 0.416 e. The lowest BCUT2D eigenvalue weighted by Gasteiger charge is -2.36. The Morgan fingerprint density at radius 1 is 1.04 bits per heavy atom. The average Bonchev–Trinajstić information content (AvgIpc) is 3.02. The molecule has 0 radical (unpaired) electrons. The molecule has 0 spiro atoms. The molecule has 2 aromatic rings. The van der Waals surface area contributed by atoms with Gasteiger partial charge in [0.2, 0.25) is 5.91 Å². The van der Waals surface area contributed by atoms with Crippen LogP contribution in [0.25, 0.3) is 0 Å².